The molecular weight excluding hydrogens is 133 g/mol. The van der Waals surface area contributed by atoms with E-state index in [1.54, 1.807) is 0 Å². The van der Waals surface area contributed by atoms with Crippen molar-refractivity contribution in [3.63, 3.8) is 0 Å². The zero-order chi connectivity index (χ0) is 6.69. The first kappa shape index (κ1) is 7.46. The Labute approximate surface area is 58.5 Å². The molecule has 0 spiro atoms. The maximum absolute atomic E-state index is 8.81. The maximum Gasteiger partial charge on any atom is 0.0589 e. The van der Waals surface area contributed by atoms with Crippen molar-refractivity contribution < 1.29 is 5.11 Å². The van der Waals surface area contributed by atoms with Crippen molar-refractivity contribution in [3.8, 4) is 0 Å². The average molecular weight is 147 g/mol. The molecule has 3 heteroatoms. The molecule has 0 radical (unpaired) electrons. The summed E-state index contributed by atoms with van der Waals surface area (Å²) >= 11 is 0. The van der Waals surface area contributed by atoms with Gasteiger partial charge in [0, 0.05) is 12.6 Å². The van der Waals surface area contributed by atoms with Crippen molar-refractivity contribution in [2.45, 2.75) is 25.3 Å². The third-order valence-electron chi connectivity index (χ3n) is 1.88. The zero-order valence-electron chi connectivity index (χ0n) is 5.58. The Hall–Kier alpha value is 0.350. The number of hydrogen-bond donors (Lipinski definition) is 1. The third kappa shape index (κ3) is 1.89. The van der Waals surface area contributed by atoms with Crippen molar-refractivity contribution >= 4 is 9.39 Å². The van der Waals surface area contributed by atoms with E-state index in [-0.39, 0.29) is 0 Å². The Kier molecular flexibility index (Phi) is 2.90. The average Bonchev–Trinajstić information content (AvgIpc) is 1.89. The van der Waals surface area contributed by atoms with E-state index in [0.29, 0.717) is 12.6 Å². The largest absolute Gasteiger partial charge is 0.395 e. The van der Waals surface area contributed by atoms with Gasteiger partial charge in [0.1, 0.15) is 0 Å². The fourth-order valence-electron chi connectivity index (χ4n) is 1.22. The Morgan fingerprint density at radius 2 is 2.33 bits per heavy atom. The van der Waals surface area contributed by atoms with Gasteiger partial charge in [-0.05, 0) is 12.8 Å². The van der Waals surface area contributed by atoms with E-state index in [9.17, 15) is 0 Å². The second kappa shape index (κ2) is 3.50. The number of nitrogens with zero attached hydrogens (tertiary/aromatic N) is 1. The lowest BCUT2D eigenvalue weighted by Gasteiger charge is -2.30. The Morgan fingerprint density at radius 3 is 2.78 bits per heavy atom. The molecule has 1 aliphatic heterocycles. The van der Waals surface area contributed by atoms with Gasteiger partial charge < -0.3 is 5.11 Å². The predicted molar refractivity (Wildman–Crippen MR) is 41.1 cm³/mol. The summed E-state index contributed by atoms with van der Waals surface area (Å²) in [5.74, 6) is 0. The molecule has 0 aromatic carbocycles. The highest BCUT2D eigenvalue weighted by Crippen LogP contribution is 2.19. The molecule has 1 N–H and O–H groups in total. The van der Waals surface area contributed by atoms with Gasteiger partial charge in [0.05, 0.1) is 6.61 Å². The predicted octanol–water partition coefficient (Wildman–Crippen LogP) is 0.623. The van der Waals surface area contributed by atoms with Crippen LogP contribution in [0.1, 0.15) is 19.3 Å². The Balaban J connectivity index is 2.30. The molecule has 2 unspecified atom stereocenters. The number of aliphatic hydroxyl groups is 1. The van der Waals surface area contributed by atoms with Gasteiger partial charge in [-0.3, -0.25) is 4.67 Å². The maximum atomic E-state index is 8.81. The second-order valence-electron chi connectivity index (χ2n) is 2.57. The zero-order valence-corrected chi connectivity index (χ0v) is 6.74. The molecule has 0 amide bonds. The van der Waals surface area contributed by atoms with Gasteiger partial charge in [-0.25, -0.2) is 0 Å². The highest BCUT2D eigenvalue weighted by atomic mass is 31.0. The molecule has 54 valence electrons. The van der Waals surface area contributed by atoms with E-state index in [4.69, 9.17) is 5.11 Å². The number of rotatable bonds is 1. The van der Waals surface area contributed by atoms with Crippen LogP contribution in [0.2, 0.25) is 0 Å². The fourth-order valence-corrected chi connectivity index (χ4v) is 1.64. The molecule has 1 saturated heterocycles. The molecule has 9 heavy (non-hydrogen) atoms. The van der Waals surface area contributed by atoms with Crippen LogP contribution < -0.4 is 0 Å². The minimum atomic E-state index is 0.309. The summed E-state index contributed by atoms with van der Waals surface area (Å²) in [7, 11) is 2.66. The molecule has 1 fully saturated rings. The standard InChI is InChI=1S/C6H14NOP/c8-5-6-3-1-2-4-7(6)9/h6,8H,1-5,9H2. The molecule has 2 atom stereocenters. The lowest BCUT2D eigenvalue weighted by molar-refractivity contribution is 0.164. The SMILES string of the molecule is OCC1CCCCN1P. The van der Waals surface area contributed by atoms with Crippen LogP contribution in [0.5, 0.6) is 0 Å². The van der Waals surface area contributed by atoms with Gasteiger partial charge in [0.25, 0.3) is 0 Å². The van der Waals surface area contributed by atoms with Crippen molar-refractivity contribution in [2.75, 3.05) is 13.2 Å². The fraction of sp³-hybridized carbons (Fsp3) is 1.00. The molecule has 0 aromatic heterocycles. The summed E-state index contributed by atoms with van der Waals surface area (Å²) < 4.78 is 2.16. The van der Waals surface area contributed by atoms with E-state index in [1.807, 2.05) is 0 Å². The first-order chi connectivity index (χ1) is 4.34. The molecule has 0 bridgehead atoms. The first-order valence-electron chi connectivity index (χ1n) is 3.47. The minimum Gasteiger partial charge on any atom is -0.395 e. The summed E-state index contributed by atoms with van der Waals surface area (Å²) in [4.78, 5) is 0. The van der Waals surface area contributed by atoms with Crippen LogP contribution in [-0.4, -0.2) is 29.0 Å². The van der Waals surface area contributed by atoms with E-state index >= 15 is 0 Å². The summed E-state index contributed by atoms with van der Waals surface area (Å²) in [5.41, 5.74) is 0. The van der Waals surface area contributed by atoms with Crippen molar-refractivity contribution in [2.24, 2.45) is 0 Å². The van der Waals surface area contributed by atoms with Crippen molar-refractivity contribution in [1.29, 1.82) is 0 Å². The molecule has 1 aliphatic rings. The summed E-state index contributed by atoms with van der Waals surface area (Å²) in [5, 5.41) is 8.81. The molecule has 0 aliphatic carbocycles. The van der Waals surface area contributed by atoms with Crippen LogP contribution >= 0.6 is 9.39 Å². The molecule has 0 saturated carbocycles. The van der Waals surface area contributed by atoms with Gasteiger partial charge >= 0.3 is 0 Å². The summed E-state index contributed by atoms with van der Waals surface area (Å²) in [6, 6.07) is 0.406. The van der Waals surface area contributed by atoms with Crippen LogP contribution in [0.25, 0.3) is 0 Å². The van der Waals surface area contributed by atoms with Crippen molar-refractivity contribution in [1.82, 2.24) is 4.67 Å². The number of piperidine rings is 1. The van der Waals surface area contributed by atoms with E-state index in [1.165, 1.54) is 12.8 Å². The van der Waals surface area contributed by atoms with E-state index < -0.39 is 0 Å². The van der Waals surface area contributed by atoms with Crippen LogP contribution in [0, 0.1) is 0 Å². The van der Waals surface area contributed by atoms with Crippen LogP contribution in [-0.2, 0) is 0 Å². The van der Waals surface area contributed by atoms with Crippen molar-refractivity contribution in [3.05, 3.63) is 0 Å². The molecule has 2 nitrogen and oxygen atoms in total. The first-order valence-corrected chi connectivity index (χ1v) is 3.98. The van der Waals surface area contributed by atoms with Crippen LogP contribution in [0.3, 0.4) is 0 Å². The second-order valence-corrected chi connectivity index (χ2v) is 3.23. The summed E-state index contributed by atoms with van der Waals surface area (Å²) in [6.07, 6.45) is 3.70. The molecule has 0 aromatic rings. The smallest absolute Gasteiger partial charge is 0.0589 e. The minimum absolute atomic E-state index is 0.309. The topological polar surface area (TPSA) is 23.5 Å². The molecule has 1 heterocycles. The van der Waals surface area contributed by atoms with Gasteiger partial charge in [0.15, 0.2) is 0 Å². The third-order valence-corrected chi connectivity index (χ3v) is 2.56. The highest BCUT2D eigenvalue weighted by Gasteiger charge is 2.16. The lowest BCUT2D eigenvalue weighted by Crippen LogP contribution is -2.34. The summed E-state index contributed by atoms with van der Waals surface area (Å²) in [6.45, 7) is 1.43. The van der Waals surface area contributed by atoms with Crippen LogP contribution in [0.4, 0.5) is 0 Å². The Bertz CT molecular complexity index is 89.1. The number of aliphatic hydroxyl groups excluding tert-OH is 1. The van der Waals surface area contributed by atoms with Crippen LogP contribution in [0.15, 0.2) is 0 Å². The number of hydrogen-bond acceptors (Lipinski definition) is 2. The molecular formula is C6H14NOP. The van der Waals surface area contributed by atoms with Gasteiger partial charge in [-0.2, -0.15) is 0 Å². The van der Waals surface area contributed by atoms with Gasteiger partial charge in [-0.15, -0.1) is 0 Å². The van der Waals surface area contributed by atoms with Gasteiger partial charge in [0.2, 0.25) is 0 Å². The quantitative estimate of drug-likeness (QED) is 0.550. The monoisotopic (exact) mass is 147 g/mol. The van der Waals surface area contributed by atoms with E-state index in [2.05, 4.69) is 14.1 Å². The highest BCUT2D eigenvalue weighted by molar-refractivity contribution is 7.13. The van der Waals surface area contributed by atoms with Gasteiger partial charge in [-0.1, -0.05) is 15.8 Å². The Morgan fingerprint density at radius 1 is 1.56 bits per heavy atom. The normalized spacial score (nSPS) is 30.7. The lowest BCUT2D eigenvalue weighted by atomic mass is 10.1. The van der Waals surface area contributed by atoms with E-state index in [0.717, 1.165) is 13.0 Å². The molecule has 1 rings (SSSR count).